The van der Waals surface area contributed by atoms with Gasteiger partial charge in [0.25, 0.3) is 0 Å². The molecule has 0 radical (unpaired) electrons. The Morgan fingerprint density at radius 2 is 1.61 bits per heavy atom. The molecule has 5 nitrogen and oxygen atoms in total. The number of aliphatic imine (C=N–C) groups is 1. The fourth-order valence-electron chi connectivity index (χ4n) is 3.37. The first-order valence-electron chi connectivity index (χ1n) is 9.75. The number of guanidine groups is 1. The van der Waals surface area contributed by atoms with Crippen LogP contribution in [0.1, 0.15) is 29.5 Å². The van der Waals surface area contributed by atoms with Crippen molar-refractivity contribution >= 4 is 21.9 Å². The van der Waals surface area contributed by atoms with Gasteiger partial charge in [-0.25, -0.2) is 0 Å². The highest BCUT2D eigenvalue weighted by atomic mass is 79.9. The van der Waals surface area contributed by atoms with Crippen LogP contribution in [0.3, 0.4) is 0 Å². The Morgan fingerprint density at radius 3 is 2.21 bits per heavy atom. The summed E-state index contributed by atoms with van der Waals surface area (Å²) >= 11 is 3.52. The summed E-state index contributed by atoms with van der Waals surface area (Å²) in [4.78, 5) is 6.84. The van der Waals surface area contributed by atoms with E-state index in [1.807, 2.05) is 12.1 Å². The third-order valence-corrected chi connectivity index (χ3v) is 5.61. The molecular weight excluding hydrogens is 416 g/mol. The monoisotopic (exact) mass is 444 g/mol. The van der Waals surface area contributed by atoms with Gasteiger partial charge >= 0.3 is 0 Å². The smallest absolute Gasteiger partial charge is 0.191 e. The first kappa shape index (κ1) is 20.7. The molecule has 6 heteroatoms. The van der Waals surface area contributed by atoms with E-state index in [1.54, 1.807) is 14.2 Å². The van der Waals surface area contributed by atoms with Crippen molar-refractivity contribution in [3.63, 3.8) is 0 Å². The standard InChI is InChI=1S/C22H29BrN4O/c1-24-22(26-15-19-9-10-21(28-2)20(23)13-19)25-14-17-5-7-18(8-6-17)16-27-11-3-4-12-27/h5-10,13H,3-4,11-12,14-16H2,1-2H3,(H2,24,25,26). The third-order valence-electron chi connectivity index (χ3n) is 4.99. The maximum Gasteiger partial charge on any atom is 0.191 e. The van der Waals surface area contributed by atoms with Gasteiger partial charge in [-0.15, -0.1) is 0 Å². The van der Waals surface area contributed by atoms with Crippen LogP contribution in [-0.2, 0) is 19.6 Å². The Balaban J connectivity index is 1.46. The van der Waals surface area contributed by atoms with E-state index in [0.717, 1.165) is 34.8 Å². The van der Waals surface area contributed by atoms with Gasteiger partial charge in [0.15, 0.2) is 5.96 Å². The Kier molecular flexibility index (Phi) is 7.74. The largest absolute Gasteiger partial charge is 0.496 e. The second-order valence-corrected chi connectivity index (χ2v) is 7.90. The number of methoxy groups -OCH3 is 1. The number of rotatable bonds is 7. The van der Waals surface area contributed by atoms with E-state index in [1.165, 1.54) is 37.1 Å². The van der Waals surface area contributed by atoms with Crippen molar-refractivity contribution < 1.29 is 4.74 Å². The number of hydrogen-bond donors (Lipinski definition) is 2. The molecule has 3 rings (SSSR count). The SMILES string of the molecule is CN=C(NCc1ccc(CN2CCCC2)cc1)NCc1ccc(OC)c(Br)c1. The fraction of sp³-hybridized carbons (Fsp3) is 0.409. The van der Waals surface area contributed by atoms with Crippen molar-refractivity contribution in [1.82, 2.24) is 15.5 Å². The molecule has 2 aromatic rings. The lowest BCUT2D eigenvalue weighted by molar-refractivity contribution is 0.331. The van der Waals surface area contributed by atoms with Crippen LogP contribution in [0.15, 0.2) is 51.9 Å². The summed E-state index contributed by atoms with van der Waals surface area (Å²) in [6, 6.07) is 14.9. The van der Waals surface area contributed by atoms with Crippen LogP contribution in [-0.4, -0.2) is 38.1 Å². The van der Waals surface area contributed by atoms with Gasteiger partial charge in [0.1, 0.15) is 5.75 Å². The predicted octanol–water partition coefficient (Wildman–Crippen LogP) is 3.92. The highest BCUT2D eigenvalue weighted by molar-refractivity contribution is 9.10. The van der Waals surface area contributed by atoms with Crippen molar-refractivity contribution in [1.29, 1.82) is 0 Å². The van der Waals surface area contributed by atoms with E-state index >= 15 is 0 Å². The molecule has 1 aliphatic rings. The van der Waals surface area contributed by atoms with Gasteiger partial charge in [0.05, 0.1) is 11.6 Å². The number of hydrogen-bond acceptors (Lipinski definition) is 3. The van der Waals surface area contributed by atoms with E-state index in [-0.39, 0.29) is 0 Å². The number of nitrogens with one attached hydrogen (secondary N) is 2. The van der Waals surface area contributed by atoms with Crippen molar-refractivity contribution in [3.05, 3.63) is 63.6 Å². The second-order valence-electron chi connectivity index (χ2n) is 7.05. The molecule has 1 heterocycles. The summed E-state index contributed by atoms with van der Waals surface area (Å²) in [5.74, 6) is 1.62. The number of ether oxygens (including phenoxy) is 1. The van der Waals surface area contributed by atoms with Crippen LogP contribution < -0.4 is 15.4 Å². The highest BCUT2D eigenvalue weighted by Crippen LogP contribution is 2.25. The maximum atomic E-state index is 5.27. The molecule has 2 N–H and O–H groups in total. The summed E-state index contributed by atoms with van der Waals surface area (Å²) in [6.07, 6.45) is 2.67. The van der Waals surface area contributed by atoms with Gasteiger partial charge in [0, 0.05) is 26.7 Å². The first-order valence-corrected chi connectivity index (χ1v) is 10.5. The van der Waals surface area contributed by atoms with E-state index < -0.39 is 0 Å². The average Bonchev–Trinajstić information content (AvgIpc) is 3.22. The topological polar surface area (TPSA) is 48.9 Å². The summed E-state index contributed by atoms with van der Waals surface area (Å²) in [7, 11) is 3.46. The Bertz CT molecular complexity index is 786. The third kappa shape index (κ3) is 5.97. The number of halogens is 1. The Labute approximate surface area is 176 Å². The van der Waals surface area contributed by atoms with Crippen LogP contribution >= 0.6 is 15.9 Å². The van der Waals surface area contributed by atoms with Crippen molar-refractivity contribution in [2.45, 2.75) is 32.5 Å². The lowest BCUT2D eigenvalue weighted by Crippen LogP contribution is -2.36. The normalized spacial score (nSPS) is 14.9. The summed E-state index contributed by atoms with van der Waals surface area (Å²) in [5, 5.41) is 6.73. The molecular formula is C22H29BrN4O. The van der Waals surface area contributed by atoms with Crippen LogP contribution in [0.25, 0.3) is 0 Å². The van der Waals surface area contributed by atoms with E-state index in [2.05, 4.69) is 66.8 Å². The highest BCUT2D eigenvalue weighted by Gasteiger charge is 2.11. The lowest BCUT2D eigenvalue weighted by atomic mass is 10.1. The molecule has 0 atom stereocenters. The first-order chi connectivity index (χ1) is 13.7. The van der Waals surface area contributed by atoms with Crippen LogP contribution in [0.2, 0.25) is 0 Å². The van der Waals surface area contributed by atoms with Gasteiger partial charge in [-0.2, -0.15) is 0 Å². The van der Waals surface area contributed by atoms with Gasteiger partial charge in [-0.1, -0.05) is 30.3 Å². The number of likely N-dealkylation sites (tertiary alicyclic amines) is 1. The molecule has 0 aromatic heterocycles. The van der Waals surface area contributed by atoms with Crippen LogP contribution in [0, 0.1) is 0 Å². The summed E-state index contributed by atoms with van der Waals surface area (Å²) < 4.78 is 6.22. The molecule has 1 saturated heterocycles. The number of benzene rings is 2. The molecule has 0 bridgehead atoms. The molecule has 1 aliphatic heterocycles. The minimum absolute atomic E-state index is 0.692. The van der Waals surface area contributed by atoms with E-state index in [9.17, 15) is 0 Å². The molecule has 150 valence electrons. The van der Waals surface area contributed by atoms with Crippen molar-refractivity contribution in [2.75, 3.05) is 27.2 Å². The predicted molar refractivity (Wildman–Crippen MR) is 119 cm³/mol. The minimum Gasteiger partial charge on any atom is -0.496 e. The molecule has 28 heavy (non-hydrogen) atoms. The Hall–Kier alpha value is -2.05. The van der Waals surface area contributed by atoms with Gasteiger partial charge in [-0.05, 0) is 70.7 Å². The van der Waals surface area contributed by atoms with Crippen molar-refractivity contribution in [2.24, 2.45) is 4.99 Å². The van der Waals surface area contributed by atoms with E-state index in [4.69, 9.17) is 4.74 Å². The molecule has 0 amide bonds. The maximum absolute atomic E-state index is 5.27. The van der Waals surface area contributed by atoms with Gasteiger partial charge < -0.3 is 15.4 Å². The molecule has 2 aromatic carbocycles. The minimum atomic E-state index is 0.692. The van der Waals surface area contributed by atoms with E-state index in [0.29, 0.717) is 6.54 Å². The summed E-state index contributed by atoms with van der Waals surface area (Å²) in [6.45, 7) is 4.97. The average molecular weight is 445 g/mol. The molecule has 0 spiro atoms. The molecule has 0 unspecified atom stereocenters. The molecule has 0 aliphatic carbocycles. The quantitative estimate of drug-likeness (QED) is 0.501. The van der Waals surface area contributed by atoms with Gasteiger partial charge in [0.2, 0.25) is 0 Å². The molecule has 1 fully saturated rings. The Morgan fingerprint density at radius 1 is 1.00 bits per heavy atom. The van der Waals surface area contributed by atoms with Crippen LogP contribution in [0.4, 0.5) is 0 Å². The number of nitrogens with zero attached hydrogens (tertiary/aromatic N) is 2. The molecule has 0 saturated carbocycles. The second kappa shape index (κ2) is 10.5. The zero-order valence-corrected chi connectivity index (χ0v) is 18.3. The fourth-order valence-corrected chi connectivity index (χ4v) is 3.96. The zero-order chi connectivity index (χ0) is 19.8. The lowest BCUT2D eigenvalue weighted by Gasteiger charge is -2.15. The van der Waals surface area contributed by atoms with Gasteiger partial charge in [-0.3, -0.25) is 9.89 Å². The summed E-state index contributed by atoms with van der Waals surface area (Å²) in [5.41, 5.74) is 3.79. The van der Waals surface area contributed by atoms with Crippen LogP contribution in [0.5, 0.6) is 5.75 Å². The van der Waals surface area contributed by atoms with Crippen molar-refractivity contribution in [3.8, 4) is 5.75 Å². The zero-order valence-electron chi connectivity index (χ0n) is 16.7.